The molecule has 7 heteroatoms. The van der Waals surface area contributed by atoms with Crippen LogP contribution in [0.4, 0.5) is 0 Å². The molecule has 0 unspecified atom stereocenters. The third-order valence-electron chi connectivity index (χ3n) is 5.26. The summed E-state index contributed by atoms with van der Waals surface area (Å²) in [5, 5.41) is 10.4. The highest BCUT2D eigenvalue weighted by Crippen LogP contribution is 2.43. The van der Waals surface area contributed by atoms with Crippen molar-refractivity contribution in [2.24, 2.45) is 0 Å². The number of aromatic hydroxyl groups is 1. The molecular formula is C24H29NO6. The summed E-state index contributed by atoms with van der Waals surface area (Å²) in [5.41, 5.74) is 1.65. The minimum Gasteiger partial charge on any atom is -0.507 e. The summed E-state index contributed by atoms with van der Waals surface area (Å²) >= 11 is 0. The van der Waals surface area contributed by atoms with Gasteiger partial charge in [-0.15, -0.1) is 0 Å². The van der Waals surface area contributed by atoms with Gasteiger partial charge in [0.25, 0.3) is 0 Å². The molecule has 31 heavy (non-hydrogen) atoms. The Labute approximate surface area is 182 Å². The van der Waals surface area contributed by atoms with Crippen molar-refractivity contribution in [3.8, 4) is 28.7 Å². The summed E-state index contributed by atoms with van der Waals surface area (Å²) < 4.78 is 22.2. The quantitative estimate of drug-likeness (QED) is 0.599. The molecule has 2 aromatic carbocycles. The number of Topliss-reactive ketones (excluding diaryl/α,β-unsaturated/α-hetero) is 1. The lowest BCUT2D eigenvalue weighted by Gasteiger charge is -2.18. The lowest BCUT2D eigenvalue weighted by Crippen LogP contribution is -2.19. The molecular weight excluding hydrogens is 398 g/mol. The van der Waals surface area contributed by atoms with Crippen LogP contribution in [-0.2, 0) is 6.54 Å². The maximum absolute atomic E-state index is 13.0. The Morgan fingerprint density at radius 2 is 1.81 bits per heavy atom. The number of phenolic OH excluding ortho intramolecular Hbond substituents is 1. The number of fused-ring (bicyclic) bond motifs is 1. The zero-order valence-electron chi connectivity index (χ0n) is 18.7. The fourth-order valence-corrected chi connectivity index (χ4v) is 3.61. The normalized spacial score (nSPS) is 14.0. The van der Waals surface area contributed by atoms with Gasteiger partial charge in [-0.1, -0.05) is 13.3 Å². The predicted molar refractivity (Wildman–Crippen MR) is 118 cm³/mol. The van der Waals surface area contributed by atoms with Gasteiger partial charge in [-0.2, -0.15) is 0 Å². The van der Waals surface area contributed by atoms with Gasteiger partial charge in [-0.3, -0.25) is 4.79 Å². The zero-order chi connectivity index (χ0) is 22.5. The second kappa shape index (κ2) is 9.75. The number of hydrogen-bond acceptors (Lipinski definition) is 7. The fourth-order valence-electron chi connectivity index (χ4n) is 3.61. The van der Waals surface area contributed by atoms with Crippen molar-refractivity contribution in [3.63, 3.8) is 0 Å². The molecule has 0 spiro atoms. The smallest absolute Gasteiger partial charge is 0.231 e. The Balaban J connectivity index is 1.98. The van der Waals surface area contributed by atoms with Gasteiger partial charge in [0.2, 0.25) is 11.5 Å². The Morgan fingerprint density at radius 1 is 1.06 bits per heavy atom. The molecule has 0 saturated heterocycles. The summed E-state index contributed by atoms with van der Waals surface area (Å²) in [7, 11) is 6.57. The second-order valence-corrected chi connectivity index (χ2v) is 7.39. The standard InChI is InChI=1S/C24H29NO6/c1-6-7-12-25(2)14-17-18(26)10-9-16-21(27)20(31-23(16)17)13-15-8-11-19(28-3)24(30-5)22(15)29-4/h8-11,13,26H,6-7,12,14H2,1-5H3. The molecule has 0 amide bonds. The monoisotopic (exact) mass is 427 g/mol. The number of unbranched alkanes of at least 4 members (excludes halogenated alkanes) is 1. The van der Waals surface area contributed by atoms with E-state index in [9.17, 15) is 9.90 Å². The van der Waals surface area contributed by atoms with Crippen LogP contribution in [0.5, 0.6) is 28.7 Å². The highest BCUT2D eigenvalue weighted by Gasteiger charge is 2.32. The van der Waals surface area contributed by atoms with E-state index in [4.69, 9.17) is 18.9 Å². The molecule has 0 aliphatic carbocycles. The molecule has 2 aromatic rings. The number of carbonyl (C=O) groups is 1. The van der Waals surface area contributed by atoms with Gasteiger partial charge >= 0.3 is 0 Å². The molecule has 7 nitrogen and oxygen atoms in total. The molecule has 0 bridgehead atoms. The summed E-state index contributed by atoms with van der Waals surface area (Å²) in [6, 6.07) is 6.64. The summed E-state index contributed by atoms with van der Waals surface area (Å²) in [6.07, 6.45) is 3.75. The van der Waals surface area contributed by atoms with Gasteiger partial charge < -0.3 is 29.0 Å². The van der Waals surface area contributed by atoms with Crippen LogP contribution in [0, 0.1) is 0 Å². The minimum absolute atomic E-state index is 0.111. The number of carbonyl (C=O) groups excluding carboxylic acids is 1. The number of methoxy groups -OCH3 is 3. The number of ketones is 1. The van der Waals surface area contributed by atoms with E-state index in [2.05, 4.69) is 11.8 Å². The van der Waals surface area contributed by atoms with E-state index < -0.39 is 0 Å². The van der Waals surface area contributed by atoms with Crippen LogP contribution in [0.3, 0.4) is 0 Å². The first kappa shape index (κ1) is 22.5. The van der Waals surface area contributed by atoms with E-state index in [1.165, 1.54) is 14.2 Å². The van der Waals surface area contributed by atoms with Crippen LogP contribution in [0.15, 0.2) is 30.0 Å². The van der Waals surface area contributed by atoms with Crippen molar-refractivity contribution < 1.29 is 28.8 Å². The topological polar surface area (TPSA) is 77.5 Å². The number of allylic oxidation sites excluding steroid dienone is 1. The first-order valence-corrected chi connectivity index (χ1v) is 10.2. The SMILES string of the molecule is CCCCN(C)Cc1c(O)ccc2c1OC(=Cc1ccc(OC)c(OC)c1OC)C2=O. The molecule has 0 atom stereocenters. The molecule has 1 aliphatic rings. The highest BCUT2D eigenvalue weighted by molar-refractivity contribution is 6.15. The van der Waals surface area contributed by atoms with Crippen molar-refractivity contribution in [1.82, 2.24) is 4.90 Å². The van der Waals surface area contributed by atoms with Crippen molar-refractivity contribution in [1.29, 1.82) is 0 Å². The average molecular weight is 427 g/mol. The third kappa shape index (κ3) is 4.46. The Kier molecular flexibility index (Phi) is 7.07. The Morgan fingerprint density at radius 3 is 2.45 bits per heavy atom. The van der Waals surface area contributed by atoms with Crippen LogP contribution in [0.2, 0.25) is 0 Å². The molecule has 0 saturated carbocycles. The lowest BCUT2D eigenvalue weighted by atomic mass is 10.0. The molecule has 0 radical (unpaired) electrons. The average Bonchev–Trinajstić information content (AvgIpc) is 3.09. The van der Waals surface area contributed by atoms with Crippen LogP contribution >= 0.6 is 0 Å². The number of nitrogens with zero attached hydrogens (tertiary/aromatic N) is 1. The number of ether oxygens (including phenoxy) is 4. The molecule has 1 heterocycles. The summed E-state index contributed by atoms with van der Waals surface area (Å²) in [4.78, 5) is 15.1. The molecule has 0 aromatic heterocycles. The van der Waals surface area contributed by atoms with Crippen LogP contribution in [-0.4, -0.2) is 50.7 Å². The van der Waals surface area contributed by atoms with Crippen molar-refractivity contribution >= 4 is 11.9 Å². The number of rotatable bonds is 9. The van der Waals surface area contributed by atoms with Gasteiger partial charge in [0.1, 0.15) is 11.5 Å². The molecule has 1 N–H and O–H groups in total. The lowest BCUT2D eigenvalue weighted by molar-refractivity contribution is 0.101. The van der Waals surface area contributed by atoms with Crippen LogP contribution < -0.4 is 18.9 Å². The van der Waals surface area contributed by atoms with E-state index in [0.717, 1.165) is 19.4 Å². The van der Waals surface area contributed by atoms with Gasteiger partial charge in [0.15, 0.2) is 17.3 Å². The first-order valence-electron chi connectivity index (χ1n) is 10.2. The maximum atomic E-state index is 13.0. The number of benzene rings is 2. The second-order valence-electron chi connectivity index (χ2n) is 7.39. The van der Waals surface area contributed by atoms with Gasteiger partial charge in [0, 0.05) is 12.1 Å². The molecule has 3 rings (SSSR count). The van der Waals surface area contributed by atoms with E-state index in [1.807, 2.05) is 7.05 Å². The summed E-state index contributed by atoms with van der Waals surface area (Å²) in [6.45, 7) is 3.50. The fraction of sp³-hybridized carbons (Fsp3) is 0.375. The van der Waals surface area contributed by atoms with Crippen LogP contribution in [0.1, 0.15) is 41.3 Å². The Hall–Kier alpha value is -3.19. The van der Waals surface area contributed by atoms with E-state index in [1.54, 1.807) is 37.5 Å². The molecule has 0 fully saturated rings. The van der Waals surface area contributed by atoms with Crippen LogP contribution in [0.25, 0.3) is 6.08 Å². The highest BCUT2D eigenvalue weighted by atomic mass is 16.5. The zero-order valence-corrected chi connectivity index (χ0v) is 18.7. The molecule has 166 valence electrons. The number of phenols is 1. The van der Waals surface area contributed by atoms with Crippen molar-refractivity contribution in [2.75, 3.05) is 34.9 Å². The first-order chi connectivity index (χ1) is 14.9. The van der Waals surface area contributed by atoms with Gasteiger partial charge in [-0.05, 0) is 50.4 Å². The summed E-state index contributed by atoms with van der Waals surface area (Å²) in [5.74, 6) is 1.81. The van der Waals surface area contributed by atoms with Gasteiger partial charge in [-0.25, -0.2) is 0 Å². The van der Waals surface area contributed by atoms with Crippen molar-refractivity contribution in [2.45, 2.75) is 26.3 Å². The number of hydrogen-bond donors (Lipinski definition) is 1. The largest absolute Gasteiger partial charge is 0.507 e. The third-order valence-corrected chi connectivity index (χ3v) is 5.26. The van der Waals surface area contributed by atoms with Crippen molar-refractivity contribution in [3.05, 3.63) is 46.7 Å². The van der Waals surface area contributed by atoms with E-state index in [0.29, 0.717) is 46.2 Å². The van der Waals surface area contributed by atoms with E-state index in [-0.39, 0.29) is 17.3 Å². The molecule has 1 aliphatic heterocycles. The van der Waals surface area contributed by atoms with Gasteiger partial charge in [0.05, 0.1) is 32.5 Å². The maximum Gasteiger partial charge on any atom is 0.231 e. The minimum atomic E-state index is -0.246. The Bertz CT molecular complexity index is 998. The predicted octanol–water partition coefficient (Wildman–Crippen LogP) is 4.27. The van der Waals surface area contributed by atoms with E-state index >= 15 is 0 Å².